The van der Waals surface area contributed by atoms with Gasteiger partial charge in [-0.15, -0.1) is 0 Å². The van der Waals surface area contributed by atoms with Gasteiger partial charge in [0.2, 0.25) is 0 Å². The molecule has 2 rings (SSSR count). The molecule has 0 radical (unpaired) electrons. The molecule has 0 saturated heterocycles. The molecular formula is C13H8BrF3. The van der Waals surface area contributed by atoms with Gasteiger partial charge < -0.3 is 0 Å². The van der Waals surface area contributed by atoms with Crippen LogP contribution in [0, 0.1) is 24.4 Å². The second-order valence-electron chi connectivity index (χ2n) is 3.73. The van der Waals surface area contributed by atoms with Crippen molar-refractivity contribution in [1.82, 2.24) is 0 Å². The fourth-order valence-corrected chi connectivity index (χ4v) is 2.03. The summed E-state index contributed by atoms with van der Waals surface area (Å²) in [6.07, 6.45) is 0. The summed E-state index contributed by atoms with van der Waals surface area (Å²) < 4.78 is 41.2. The normalized spacial score (nSPS) is 10.6. The summed E-state index contributed by atoms with van der Waals surface area (Å²) in [6, 6.07) is 6.39. The Kier molecular flexibility index (Phi) is 3.24. The lowest BCUT2D eigenvalue weighted by atomic mass is 10.0. The van der Waals surface area contributed by atoms with Gasteiger partial charge in [0.1, 0.15) is 17.5 Å². The van der Waals surface area contributed by atoms with E-state index in [1.54, 1.807) is 13.0 Å². The van der Waals surface area contributed by atoms with Crippen LogP contribution in [-0.4, -0.2) is 0 Å². The molecule has 0 aliphatic carbocycles. The molecule has 2 aromatic carbocycles. The van der Waals surface area contributed by atoms with Crippen LogP contribution in [0.3, 0.4) is 0 Å². The van der Waals surface area contributed by atoms with Gasteiger partial charge in [0.15, 0.2) is 0 Å². The van der Waals surface area contributed by atoms with E-state index in [9.17, 15) is 13.2 Å². The smallest absolute Gasteiger partial charge is 0.135 e. The number of benzene rings is 2. The number of aryl methyl sites for hydroxylation is 1. The van der Waals surface area contributed by atoms with Gasteiger partial charge in [0, 0.05) is 10.0 Å². The van der Waals surface area contributed by atoms with Crippen molar-refractivity contribution in [2.45, 2.75) is 6.92 Å². The first-order chi connectivity index (χ1) is 7.99. The molecule has 0 saturated carbocycles. The maximum atomic E-state index is 13.7. The average Bonchev–Trinajstić information content (AvgIpc) is 2.21. The highest BCUT2D eigenvalue weighted by Gasteiger charge is 2.16. The van der Waals surface area contributed by atoms with Crippen LogP contribution in [0.15, 0.2) is 34.8 Å². The first kappa shape index (κ1) is 12.2. The highest BCUT2D eigenvalue weighted by Crippen LogP contribution is 2.31. The number of rotatable bonds is 1. The molecule has 0 nitrogen and oxygen atoms in total. The zero-order valence-electron chi connectivity index (χ0n) is 8.90. The Bertz CT molecular complexity index is 556. The van der Waals surface area contributed by atoms with Crippen LogP contribution in [-0.2, 0) is 0 Å². The van der Waals surface area contributed by atoms with Gasteiger partial charge >= 0.3 is 0 Å². The molecule has 0 unspecified atom stereocenters. The van der Waals surface area contributed by atoms with Crippen LogP contribution in [0.4, 0.5) is 13.2 Å². The molecule has 0 N–H and O–H groups in total. The molecule has 0 heterocycles. The van der Waals surface area contributed by atoms with Gasteiger partial charge in [-0.05, 0) is 31.2 Å². The predicted molar refractivity (Wildman–Crippen MR) is 64.2 cm³/mol. The molecule has 2 aromatic rings. The van der Waals surface area contributed by atoms with Crippen molar-refractivity contribution in [2.24, 2.45) is 0 Å². The van der Waals surface area contributed by atoms with Gasteiger partial charge in [-0.1, -0.05) is 27.6 Å². The first-order valence-electron chi connectivity index (χ1n) is 4.90. The minimum absolute atomic E-state index is 0.0625. The van der Waals surface area contributed by atoms with E-state index < -0.39 is 17.5 Å². The van der Waals surface area contributed by atoms with Crippen molar-refractivity contribution in [2.75, 3.05) is 0 Å². The van der Waals surface area contributed by atoms with Gasteiger partial charge in [-0.2, -0.15) is 0 Å². The van der Waals surface area contributed by atoms with E-state index in [4.69, 9.17) is 0 Å². The van der Waals surface area contributed by atoms with Gasteiger partial charge in [0.25, 0.3) is 0 Å². The monoisotopic (exact) mass is 300 g/mol. The van der Waals surface area contributed by atoms with Crippen LogP contribution < -0.4 is 0 Å². The van der Waals surface area contributed by atoms with Gasteiger partial charge in [-0.25, -0.2) is 13.2 Å². The molecule has 4 heteroatoms. The fourth-order valence-electron chi connectivity index (χ4n) is 1.63. The highest BCUT2D eigenvalue weighted by molar-refractivity contribution is 9.10. The Labute approximate surface area is 105 Å². The Morgan fingerprint density at radius 2 is 1.47 bits per heavy atom. The number of hydrogen-bond acceptors (Lipinski definition) is 0. The van der Waals surface area contributed by atoms with Crippen molar-refractivity contribution < 1.29 is 13.2 Å². The van der Waals surface area contributed by atoms with E-state index in [1.807, 2.05) is 0 Å². The van der Waals surface area contributed by atoms with Crippen molar-refractivity contribution in [3.05, 3.63) is 57.8 Å². The van der Waals surface area contributed by atoms with Crippen LogP contribution in [0.1, 0.15) is 5.56 Å². The summed E-state index contributed by atoms with van der Waals surface area (Å²) in [5, 5.41) is 0. The molecule has 0 fully saturated rings. The molecule has 0 amide bonds. The molecule has 0 aromatic heterocycles. The second-order valence-corrected chi connectivity index (χ2v) is 4.64. The van der Waals surface area contributed by atoms with Crippen molar-refractivity contribution in [1.29, 1.82) is 0 Å². The SMILES string of the molecule is Cc1ccc(F)c(-c2c(F)cc(Br)cc2F)c1. The summed E-state index contributed by atoms with van der Waals surface area (Å²) in [6.45, 7) is 1.73. The fraction of sp³-hybridized carbons (Fsp3) is 0.0769. The first-order valence-corrected chi connectivity index (χ1v) is 5.69. The van der Waals surface area contributed by atoms with E-state index in [0.717, 1.165) is 17.7 Å². The molecule has 0 bridgehead atoms. The summed E-state index contributed by atoms with van der Waals surface area (Å²) in [4.78, 5) is 0. The summed E-state index contributed by atoms with van der Waals surface area (Å²) in [7, 11) is 0. The Hall–Kier alpha value is -1.29. The molecule has 0 atom stereocenters. The number of hydrogen-bond donors (Lipinski definition) is 0. The molecule has 88 valence electrons. The van der Waals surface area contributed by atoms with Crippen molar-refractivity contribution in [3.8, 4) is 11.1 Å². The Morgan fingerprint density at radius 1 is 0.882 bits per heavy atom. The summed E-state index contributed by atoms with van der Waals surface area (Å²) in [5.41, 5.74) is 0.338. The van der Waals surface area contributed by atoms with E-state index in [2.05, 4.69) is 15.9 Å². The standard InChI is InChI=1S/C13H8BrF3/c1-7-2-3-10(15)9(4-7)13-11(16)5-8(14)6-12(13)17/h2-6H,1H3. The lowest BCUT2D eigenvalue weighted by Crippen LogP contribution is -1.94. The highest BCUT2D eigenvalue weighted by atomic mass is 79.9. The van der Waals surface area contributed by atoms with Crippen LogP contribution in [0.25, 0.3) is 11.1 Å². The van der Waals surface area contributed by atoms with E-state index in [-0.39, 0.29) is 15.6 Å². The second kappa shape index (κ2) is 4.53. The number of halogens is 4. The van der Waals surface area contributed by atoms with Crippen LogP contribution in [0.2, 0.25) is 0 Å². The Balaban J connectivity index is 2.72. The largest absolute Gasteiger partial charge is 0.206 e. The van der Waals surface area contributed by atoms with Gasteiger partial charge in [-0.3, -0.25) is 0 Å². The summed E-state index contributed by atoms with van der Waals surface area (Å²) in [5.74, 6) is -2.22. The average molecular weight is 301 g/mol. The lowest BCUT2D eigenvalue weighted by Gasteiger charge is -2.08. The van der Waals surface area contributed by atoms with E-state index >= 15 is 0 Å². The quantitative estimate of drug-likeness (QED) is 0.707. The van der Waals surface area contributed by atoms with Crippen LogP contribution in [0.5, 0.6) is 0 Å². The maximum absolute atomic E-state index is 13.7. The topological polar surface area (TPSA) is 0 Å². The molecule has 0 aliphatic heterocycles. The van der Waals surface area contributed by atoms with Crippen molar-refractivity contribution in [3.63, 3.8) is 0 Å². The molecule has 0 aliphatic rings. The zero-order chi connectivity index (χ0) is 12.6. The van der Waals surface area contributed by atoms with E-state index in [1.165, 1.54) is 12.1 Å². The Morgan fingerprint density at radius 3 is 2.06 bits per heavy atom. The third-order valence-electron chi connectivity index (χ3n) is 2.40. The molecule has 0 spiro atoms. The predicted octanol–water partition coefficient (Wildman–Crippen LogP) is 4.84. The van der Waals surface area contributed by atoms with E-state index in [0.29, 0.717) is 0 Å². The lowest BCUT2D eigenvalue weighted by molar-refractivity contribution is 0.580. The van der Waals surface area contributed by atoms with Gasteiger partial charge in [0.05, 0.1) is 5.56 Å². The zero-order valence-corrected chi connectivity index (χ0v) is 10.5. The molecular weight excluding hydrogens is 293 g/mol. The van der Waals surface area contributed by atoms with Crippen LogP contribution >= 0.6 is 15.9 Å². The summed E-state index contributed by atoms with van der Waals surface area (Å²) >= 11 is 2.98. The third kappa shape index (κ3) is 2.36. The third-order valence-corrected chi connectivity index (χ3v) is 2.86. The minimum atomic E-state index is -0.790. The molecule has 17 heavy (non-hydrogen) atoms. The minimum Gasteiger partial charge on any atom is -0.206 e. The van der Waals surface area contributed by atoms with Crippen molar-refractivity contribution >= 4 is 15.9 Å². The maximum Gasteiger partial charge on any atom is 0.135 e.